The Kier molecular flexibility index (Phi) is 4.06. The van der Waals surface area contributed by atoms with Crippen molar-refractivity contribution in [3.8, 4) is 0 Å². The summed E-state index contributed by atoms with van der Waals surface area (Å²) in [5.74, 6) is -0.336. The van der Waals surface area contributed by atoms with Crippen molar-refractivity contribution < 1.29 is 9.18 Å². The molecule has 0 saturated carbocycles. The molecular formula is C12H10BrFN4O. The van der Waals surface area contributed by atoms with E-state index in [1.54, 1.807) is 13.1 Å². The van der Waals surface area contributed by atoms with Crippen molar-refractivity contribution in [1.29, 1.82) is 0 Å². The molecule has 2 rings (SSSR count). The van der Waals surface area contributed by atoms with Crippen LogP contribution in [0.15, 0.2) is 35.1 Å². The minimum absolute atomic E-state index is 0.155. The molecule has 0 unspecified atom stereocenters. The van der Waals surface area contributed by atoms with E-state index in [4.69, 9.17) is 0 Å². The minimum Gasteiger partial charge on any atom is -0.372 e. The van der Waals surface area contributed by atoms with Crippen molar-refractivity contribution in [2.24, 2.45) is 0 Å². The number of carbonyl (C=O) groups excluding carboxylic acids is 1. The molecule has 2 N–H and O–H groups in total. The Labute approximate surface area is 117 Å². The van der Waals surface area contributed by atoms with E-state index in [-0.39, 0.29) is 5.69 Å². The number of amides is 1. The predicted molar refractivity (Wildman–Crippen MR) is 73.6 cm³/mol. The Bertz CT molecular complexity index is 603. The first-order chi connectivity index (χ1) is 9.10. The number of halogens is 2. The van der Waals surface area contributed by atoms with Gasteiger partial charge in [-0.15, -0.1) is 0 Å². The van der Waals surface area contributed by atoms with Crippen LogP contribution in [0.3, 0.4) is 0 Å². The number of benzene rings is 1. The molecule has 1 aromatic heterocycles. The van der Waals surface area contributed by atoms with Crippen LogP contribution in [0, 0.1) is 5.82 Å². The van der Waals surface area contributed by atoms with Gasteiger partial charge in [-0.1, -0.05) is 0 Å². The maximum Gasteiger partial charge on any atom is 0.275 e. The molecule has 2 aromatic rings. The van der Waals surface area contributed by atoms with Crippen LogP contribution in [0.2, 0.25) is 0 Å². The van der Waals surface area contributed by atoms with Gasteiger partial charge in [-0.2, -0.15) is 0 Å². The third-order valence-electron chi connectivity index (χ3n) is 2.32. The Balaban J connectivity index is 2.13. The summed E-state index contributed by atoms with van der Waals surface area (Å²) >= 11 is 3.04. The number of rotatable bonds is 3. The van der Waals surface area contributed by atoms with E-state index in [9.17, 15) is 9.18 Å². The lowest BCUT2D eigenvalue weighted by Crippen LogP contribution is -2.14. The molecule has 7 heteroatoms. The van der Waals surface area contributed by atoms with Crippen LogP contribution in [0.1, 0.15) is 10.5 Å². The molecule has 19 heavy (non-hydrogen) atoms. The van der Waals surface area contributed by atoms with Gasteiger partial charge in [-0.3, -0.25) is 4.79 Å². The molecule has 1 heterocycles. The third kappa shape index (κ3) is 3.25. The van der Waals surface area contributed by atoms with Gasteiger partial charge in [0.15, 0.2) is 0 Å². The van der Waals surface area contributed by atoms with Crippen molar-refractivity contribution in [2.75, 3.05) is 17.7 Å². The van der Waals surface area contributed by atoms with Crippen LogP contribution in [-0.2, 0) is 0 Å². The van der Waals surface area contributed by atoms with Gasteiger partial charge in [0.1, 0.15) is 17.3 Å². The van der Waals surface area contributed by atoms with Crippen LogP contribution in [0.4, 0.5) is 15.9 Å². The summed E-state index contributed by atoms with van der Waals surface area (Å²) < 4.78 is 13.6. The van der Waals surface area contributed by atoms with Crippen LogP contribution in [0.5, 0.6) is 0 Å². The van der Waals surface area contributed by atoms with Gasteiger partial charge in [0.2, 0.25) is 0 Å². The largest absolute Gasteiger partial charge is 0.372 e. The van der Waals surface area contributed by atoms with E-state index in [1.807, 2.05) is 0 Å². The van der Waals surface area contributed by atoms with Gasteiger partial charge in [0.25, 0.3) is 5.91 Å². The van der Waals surface area contributed by atoms with E-state index in [1.165, 1.54) is 24.5 Å². The molecule has 98 valence electrons. The van der Waals surface area contributed by atoms with Gasteiger partial charge in [0, 0.05) is 12.7 Å². The third-order valence-corrected chi connectivity index (χ3v) is 2.96. The Morgan fingerprint density at radius 2 is 2.11 bits per heavy atom. The Hall–Kier alpha value is -2.02. The van der Waals surface area contributed by atoms with E-state index in [0.717, 1.165) is 0 Å². The molecule has 5 nitrogen and oxygen atoms in total. The normalized spacial score (nSPS) is 10.1. The summed E-state index contributed by atoms with van der Waals surface area (Å²) in [6, 6.07) is 4.32. The van der Waals surface area contributed by atoms with Crippen LogP contribution in [-0.4, -0.2) is 22.9 Å². The molecule has 0 aliphatic carbocycles. The Morgan fingerprint density at radius 3 is 2.68 bits per heavy atom. The fourth-order valence-corrected chi connectivity index (χ4v) is 1.59. The fraction of sp³-hybridized carbons (Fsp3) is 0.0833. The highest BCUT2D eigenvalue weighted by atomic mass is 79.9. The first-order valence-corrected chi connectivity index (χ1v) is 6.15. The SMILES string of the molecule is CNc1cnc(C(=O)Nc2ccc(Br)c(F)c2)cn1. The molecule has 0 atom stereocenters. The zero-order valence-corrected chi connectivity index (χ0v) is 11.5. The summed E-state index contributed by atoms with van der Waals surface area (Å²) in [5.41, 5.74) is 0.507. The van der Waals surface area contributed by atoms with Gasteiger partial charge >= 0.3 is 0 Å². The zero-order valence-electron chi connectivity index (χ0n) is 9.95. The van der Waals surface area contributed by atoms with Crippen molar-refractivity contribution >= 4 is 33.3 Å². The maximum absolute atomic E-state index is 13.3. The highest BCUT2D eigenvalue weighted by Crippen LogP contribution is 2.19. The molecule has 1 aromatic carbocycles. The van der Waals surface area contributed by atoms with E-state index >= 15 is 0 Å². The summed E-state index contributed by atoms with van der Waals surface area (Å²) in [7, 11) is 1.70. The average Bonchev–Trinajstić information content (AvgIpc) is 2.43. The maximum atomic E-state index is 13.3. The molecule has 0 radical (unpaired) electrons. The quantitative estimate of drug-likeness (QED) is 0.910. The summed E-state index contributed by atoms with van der Waals surface area (Å²) in [6.07, 6.45) is 2.79. The number of carbonyl (C=O) groups is 1. The molecule has 0 aliphatic rings. The molecule has 0 fully saturated rings. The second kappa shape index (κ2) is 5.75. The van der Waals surface area contributed by atoms with Gasteiger partial charge < -0.3 is 10.6 Å². The van der Waals surface area contributed by atoms with Crippen molar-refractivity contribution in [1.82, 2.24) is 9.97 Å². The van der Waals surface area contributed by atoms with Crippen molar-refractivity contribution in [3.05, 3.63) is 46.6 Å². The molecule has 0 saturated heterocycles. The van der Waals surface area contributed by atoms with Crippen LogP contribution in [0.25, 0.3) is 0 Å². The highest BCUT2D eigenvalue weighted by Gasteiger charge is 2.09. The summed E-state index contributed by atoms with van der Waals surface area (Å²) in [4.78, 5) is 19.8. The number of aromatic nitrogens is 2. The molecule has 0 aliphatic heterocycles. The lowest BCUT2D eigenvalue weighted by atomic mass is 10.3. The Morgan fingerprint density at radius 1 is 1.32 bits per heavy atom. The molecule has 0 spiro atoms. The fourth-order valence-electron chi connectivity index (χ4n) is 1.34. The van der Waals surface area contributed by atoms with E-state index in [2.05, 4.69) is 36.5 Å². The number of hydrogen-bond acceptors (Lipinski definition) is 4. The second-order valence-electron chi connectivity index (χ2n) is 3.62. The van der Waals surface area contributed by atoms with Gasteiger partial charge in [-0.25, -0.2) is 14.4 Å². The van der Waals surface area contributed by atoms with E-state index in [0.29, 0.717) is 16.0 Å². The summed E-state index contributed by atoms with van der Waals surface area (Å²) in [5, 5.41) is 5.34. The topological polar surface area (TPSA) is 66.9 Å². The smallest absolute Gasteiger partial charge is 0.275 e. The highest BCUT2D eigenvalue weighted by molar-refractivity contribution is 9.10. The number of anilines is 2. The average molecular weight is 325 g/mol. The van der Waals surface area contributed by atoms with Crippen molar-refractivity contribution in [3.63, 3.8) is 0 Å². The first-order valence-electron chi connectivity index (χ1n) is 5.36. The van der Waals surface area contributed by atoms with Crippen LogP contribution < -0.4 is 10.6 Å². The van der Waals surface area contributed by atoms with Crippen molar-refractivity contribution in [2.45, 2.75) is 0 Å². The van der Waals surface area contributed by atoms with Gasteiger partial charge in [-0.05, 0) is 34.1 Å². The second-order valence-corrected chi connectivity index (χ2v) is 4.47. The number of nitrogens with one attached hydrogen (secondary N) is 2. The first kappa shape index (κ1) is 13.4. The lowest BCUT2D eigenvalue weighted by Gasteiger charge is -2.05. The summed E-state index contributed by atoms with van der Waals surface area (Å²) in [6.45, 7) is 0. The number of hydrogen-bond donors (Lipinski definition) is 2. The minimum atomic E-state index is -0.450. The predicted octanol–water partition coefficient (Wildman–Crippen LogP) is 2.67. The standard InChI is InChI=1S/C12H10BrFN4O/c1-15-11-6-16-10(5-17-11)12(19)18-7-2-3-8(13)9(14)4-7/h2-6H,1H3,(H,15,17)(H,18,19). The molecule has 0 bridgehead atoms. The zero-order chi connectivity index (χ0) is 13.8. The van der Waals surface area contributed by atoms with E-state index < -0.39 is 11.7 Å². The molecule has 1 amide bonds. The van der Waals surface area contributed by atoms with Crippen LogP contribution >= 0.6 is 15.9 Å². The monoisotopic (exact) mass is 324 g/mol. The number of nitrogens with zero attached hydrogens (tertiary/aromatic N) is 2. The lowest BCUT2D eigenvalue weighted by molar-refractivity contribution is 0.102. The molecular weight excluding hydrogens is 315 g/mol. The van der Waals surface area contributed by atoms with Gasteiger partial charge in [0.05, 0.1) is 16.9 Å².